The SMILES string of the molecule is CCCn1nc(C)c(-c2ccc(CNC3CC3)cc2)c1C. The number of aromatic nitrogens is 2. The van der Waals surface area contributed by atoms with Crippen molar-refractivity contribution in [1.29, 1.82) is 0 Å². The fourth-order valence-corrected chi connectivity index (χ4v) is 2.88. The van der Waals surface area contributed by atoms with Crippen molar-refractivity contribution in [3.8, 4) is 11.1 Å². The second kappa shape index (κ2) is 6.02. The Bertz CT molecular complexity index is 606. The molecule has 0 aliphatic heterocycles. The van der Waals surface area contributed by atoms with E-state index in [0.29, 0.717) is 0 Å². The number of nitrogens with one attached hydrogen (secondary N) is 1. The fraction of sp³-hybridized carbons (Fsp3) is 0.500. The summed E-state index contributed by atoms with van der Waals surface area (Å²) in [6, 6.07) is 9.71. The minimum absolute atomic E-state index is 0.765. The van der Waals surface area contributed by atoms with Crippen LogP contribution in [0.15, 0.2) is 24.3 Å². The molecule has 112 valence electrons. The van der Waals surface area contributed by atoms with Gasteiger partial charge in [-0.05, 0) is 44.2 Å². The van der Waals surface area contributed by atoms with Crippen molar-refractivity contribution < 1.29 is 0 Å². The van der Waals surface area contributed by atoms with Crippen LogP contribution in [0.25, 0.3) is 11.1 Å². The van der Waals surface area contributed by atoms with Crippen LogP contribution in [0.3, 0.4) is 0 Å². The number of hydrogen-bond acceptors (Lipinski definition) is 2. The topological polar surface area (TPSA) is 29.9 Å². The molecule has 2 aromatic rings. The van der Waals surface area contributed by atoms with Crippen LogP contribution in [-0.2, 0) is 13.1 Å². The van der Waals surface area contributed by atoms with Crippen molar-refractivity contribution in [2.24, 2.45) is 0 Å². The molecule has 0 amide bonds. The first kappa shape index (κ1) is 14.3. The van der Waals surface area contributed by atoms with Crippen molar-refractivity contribution >= 4 is 0 Å². The third kappa shape index (κ3) is 3.18. The molecular formula is C18H25N3. The molecule has 0 bridgehead atoms. The molecule has 1 aromatic heterocycles. The molecular weight excluding hydrogens is 258 g/mol. The maximum atomic E-state index is 4.67. The first-order valence-corrected chi connectivity index (χ1v) is 8.05. The first-order valence-electron chi connectivity index (χ1n) is 8.05. The third-order valence-corrected chi connectivity index (χ3v) is 4.23. The highest BCUT2D eigenvalue weighted by atomic mass is 15.3. The highest BCUT2D eigenvalue weighted by molar-refractivity contribution is 5.68. The number of nitrogens with zero attached hydrogens (tertiary/aromatic N) is 2. The zero-order valence-electron chi connectivity index (χ0n) is 13.3. The molecule has 1 aliphatic rings. The molecule has 3 nitrogen and oxygen atoms in total. The van der Waals surface area contributed by atoms with Gasteiger partial charge in [0.05, 0.1) is 5.69 Å². The van der Waals surface area contributed by atoms with Crippen molar-refractivity contribution in [3.63, 3.8) is 0 Å². The van der Waals surface area contributed by atoms with Gasteiger partial charge in [-0.2, -0.15) is 5.10 Å². The van der Waals surface area contributed by atoms with Crippen LogP contribution in [0.4, 0.5) is 0 Å². The van der Waals surface area contributed by atoms with E-state index in [1.54, 1.807) is 0 Å². The molecule has 0 unspecified atom stereocenters. The van der Waals surface area contributed by atoms with E-state index in [1.807, 2.05) is 0 Å². The lowest BCUT2D eigenvalue weighted by atomic mass is 10.0. The average Bonchev–Trinajstić information content (AvgIpc) is 3.26. The van der Waals surface area contributed by atoms with Crippen LogP contribution in [-0.4, -0.2) is 15.8 Å². The van der Waals surface area contributed by atoms with Crippen LogP contribution in [0.2, 0.25) is 0 Å². The average molecular weight is 283 g/mol. The molecule has 0 spiro atoms. The molecule has 0 atom stereocenters. The Kier molecular flexibility index (Phi) is 4.11. The summed E-state index contributed by atoms with van der Waals surface area (Å²) in [7, 11) is 0. The smallest absolute Gasteiger partial charge is 0.0674 e. The summed E-state index contributed by atoms with van der Waals surface area (Å²) in [5, 5.41) is 8.23. The zero-order chi connectivity index (χ0) is 14.8. The molecule has 0 saturated heterocycles. The molecule has 3 rings (SSSR count). The molecule has 3 heteroatoms. The van der Waals surface area contributed by atoms with Gasteiger partial charge in [-0.1, -0.05) is 31.2 Å². The predicted molar refractivity (Wildman–Crippen MR) is 87.3 cm³/mol. The molecule has 1 N–H and O–H groups in total. The van der Waals surface area contributed by atoms with Gasteiger partial charge in [0.15, 0.2) is 0 Å². The predicted octanol–water partition coefficient (Wildman–Crippen LogP) is 3.83. The van der Waals surface area contributed by atoms with E-state index in [4.69, 9.17) is 0 Å². The molecule has 1 saturated carbocycles. The number of rotatable bonds is 6. The first-order chi connectivity index (χ1) is 10.2. The summed E-state index contributed by atoms with van der Waals surface area (Å²) in [5.74, 6) is 0. The number of aryl methyl sites for hydroxylation is 2. The van der Waals surface area contributed by atoms with Gasteiger partial charge in [0.1, 0.15) is 0 Å². The summed E-state index contributed by atoms with van der Waals surface area (Å²) in [6.45, 7) is 8.45. The second-order valence-corrected chi connectivity index (χ2v) is 6.12. The van der Waals surface area contributed by atoms with Gasteiger partial charge in [-0.25, -0.2) is 0 Å². The van der Waals surface area contributed by atoms with E-state index in [9.17, 15) is 0 Å². The highest BCUT2D eigenvalue weighted by Crippen LogP contribution is 2.27. The van der Waals surface area contributed by atoms with Gasteiger partial charge in [0, 0.05) is 30.4 Å². The Morgan fingerprint density at radius 3 is 2.52 bits per heavy atom. The molecule has 1 heterocycles. The van der Waals surface area contributed by atoms with Crippen molar-refractivity contribution in [2.75, 3.05) is 0 Å². The maximum Gasteiger partial charge on any atom is 0.0674 e. The number of hydrogen-bond donors (Lipinski definition) is 1. The lowest BCUT2D eigenvalue weighted by Gasteiger charge is -2.07. The second-order valence-electron chi connectivity index (χ2n) is 6.12. The lowest BCUT2D eigenvalue weighted by molar-refractivity contribution is 0.583. The molecule has 1 aliphatic carbocycles. The van der Waals surface area contributed by atoms with Gasteiger partial charge >= 0.3 is 0 Å². The van der Waals surface area contributed by atoms with E-state index in [0.717, 1.165) is 31.2 Å². The van der Waals surface area contributed by atoms with E-state index in [-0.39, 0.29) is 0 Å². The Morgan fingerprint density at radius 1 is 1.19 bits per heavy atom. The molecule has 21 heavy (non-hydrogen) atoms. The minimum atomic E-state index is 0.765. The molecule has 1 fully saturated rings. The van der Waals surface area contributed by atoms with Crippen LogP contribution < -0.4 is 5.32 Å². The van der Waals surface area contributed by atoms with Gasteiger partial charge in [0.25, 0.3) is 0 Å². The highest BCUT2D eigenvalue weighted by Gasteiger charge is 2.20. The Hall–Kier alpha value is -1.61. The largest absolute Gasteiger partial charge is 0.310 e. The quantitative estimate of drug-likeness (QED) is 0.873. The number of benzene rings is 1. The van der Waals surface area contributed by atoms with E-state index in [1.165, 1.54) is 35.2 Å². The third-order valence-electron chi connectivity index (χ3n) is 4.23. The van der Waals surface area contributed by atoms with Crippen molar-refractivity contribution in [2.45, 2.75) is 59.2 Å². The van der Waals surface area contributed by atoms with Gasteiger partial charge in [-0.15, -0.1) is 0 Å². The van der Waals surface area contributed by atoms with E-state index >= 15 is 0 Å². The Morgan fingerprint density at radius 2 is 1.90 bits per heavy atom. The van der Waals surface area contributed by atoms with Gasteiger partial charge in [0.2, 0.25) is 0 Å². The standard InChI is InChI=1S/C18H25N3/c1-4-11-21-14(3)18(13(2)20-21)16-7-5-15(6-8-16)12-19-17-9-10-17/h5-8,17,19H,4,9-12H2,1-3H3. The Balaban J connectivity index is 1.79. The minimum Gasteiger partial charge on any atom is -0.310 e. The lowest BCUT2D eigenvalue weighted by Crippen LogP contribution is -2.15. The summed E-state index contributed by atoms with van der Waals surface area (Å²) < 4.78 is 2.13. The zero-order valence-corrected chi connectivity index (χ0v) is 13.3. The van der Waals surface area contributed by atoms with Crippen molar-refractivity contribution in [1.82, 2.24) is 15.1 Å². The monoisotopic (exact) mass is 283 g/mol. The summed E-state index contributed by atoms with van der Waals surface area (Å²) in [4.78, 5) is 0. The summed E-state index contributed by atoms with van der Waals surface area (Å²) in [5.41, 5.74) is 6.34. The maximum absolute atomic E-state index is 4.67. The van der Waals surface area contributed by atoms with Crippen LogP contribution >= 0.6 is 0 Å². The van der Waals surface area contributed by atoms with E-state index < -0.39 is 0 Å². The van der Waals surface area contributed by atoms with Crippen molar-refractivity contribution in [3.05, 3.63) is 41.2 Å². The van der Waals surface area contributed by atoms with Crippen LogP contribution in [0, 0.1) is 13.8 Å². The Labute approximate surface area is 127 Å². The molecule has 1 aromatic carbocycles. The molecule has 0 radical (unpaired) electrons. The van der Waals surface area contributed by atoms with Gasteiger partial charge < -0.3 is 5.32 Å². The van der Waals surface area contributed by atoms with E-state index in [2.05, 4.69) is 60.1 Å². The van der Waals surface area contributed by atoms with Gasteiger partial charge in [-0.3, -0.25) is 4.68 Å². The summed E-state index contributed by atoms with van der Waals surface area (Å²) >= 11 is 0. The normalized spacial score (nSPS) is 14.6. The fourth-order valence-electron chi connectivity index (χ4n) is 2.88. The van der Waals surface area contributed by atoms with Crippen LogP contribution in [0.5, 0.6) is 0 Å². The van der Waals surface area contributed by atoms with Crippen LogP contribution in [0.1, 0.15) is 43.1 Å². The summed E-state index contributed by atoms with van der Waals surface area (Å²) in [6.07, 6.45) is 3.80.